The summed E-state index contributed by atoms with van der Waals surface area (Å²) in [4.78, 5) is 0. The lowest BCUT2D eigenvalue weighted by atomic mass is 10.1. The minimum Gasteiger partial charge on any atom is -0.310 e. The van der Waals surface area contributed by atoms with Crippen molar-refractivity contribution in [2.75, 3.05) is 6.54 Å². The number of fused-ring (bicyclic) bond motifs is 1. The van der Waals surface area contributed by atoms with E-state index in [0.717, 1.165) is 30.5 Å². The molecule has 1 aliphatic rings. The Bertz CT molecular complexity index is 351. The topological polar surface area (TPSA) is 12.0 Å². The quantitative estimate of drug-likeness (QED) is 0.796. The van der Waals surface area contributed by atoms with Gasteiger partial charge in [0, 0.05) is 6.04 Å². The fraction of sp³-hybridized carbons (Fsp3) is 0.455. The first-order valence-corrected chi connectivity index (χ1v) is 5.32. The van der Waals surface area contributed by atoms with Crippen molar-refractivity contribution in [3.05, 3.63) is 34.1 Å². The zero-order valence-electron chi connectivity index (χ0n) is 8.11. The highest BCUT2D eigenvalue weighted by Gasteiger charge is 2.25. The first kappa shape index (κ1) is 9.94. The normalized spacial score (nSPS) is 19.8. The maximum atomic E-state index is 13.6. The van der Waals surface area contributed by atoms with Gasteiger partial charge in [0.1, 0.15) is 5.82 Å². The second-order valence-corrected chi connectivity index (χ2v) is 3.99. The first-order chi connectivity index (χ1) is 6.74. The van der Waals surface area contributed by atoms with Gasteiger partial charge in [0.2, 0.25) is 0 Å². The number of nitrogens with one attached hydrogen (secondary N) is 1. The molecule has 76 valence electrons. The molecule has 0 fully saturated rings. The van der Waals surface area contributed by atoms with Crippen molar-refractivity contribution in [3.63, 3.8) is 0 Å². The van der Waals surface area contributed by atoms with E-state index in [4.69, 9.17) is 11.6 Å². The van der Waals surface area contributed by atoms with Crippen LogP contribution in [0, 0.1) is 5.82 Å². The summed E-state index contributed by atoms with van der Waals surface area (Å²) < 4.78 is 13.6. The van der Waals surface area contributed by atoms with Crippen molar-refractivity contribution in [2.45, 2.75) is 25.8 Å². The average molecular weight is 214 g/mol. The molecule has 0 amide bonds. The van der Waals surface area contributed by atoms with Gasteiger partial charge in [-0.3, -0.25) is 0 Å². The SMILES string of the molecule is CCNC1CCc2c1ccc(Cl)c2F. The Kier molecular flexibility index (Phi) is 2.75. The van der Waals surface area contributed by atoms with E-state index in [1.807, 2.05) is 6.07 Å². The molecule has 1 aliphatic carbocycles. The van der Waals surface area contributed by atoms with Gasteiger partial charge in [0.15, 0.2) is 0 Å². The van der Waals surface area contributed by atoms with Gasteiger partial charge >= 0.3 is 0 Å². The van der Waals surface area contributed by atoms with Crippen LogP contribution in [-0.4, -0.2) is 6.54 Å². The van der Waals surface area contributed by atoms with Gasteiger partial charge in [-0.15, -0.1) is 0 Å². The molecule has 0 saturated heterocycles. The third-order valence-electron chi connectivity index (χ3n) is 2.74. The van der Waals surface area contributed by atoms with Crippen molar-refractivity contribution >= 4 is 11.6 Å². The lowest BCUT2D eigenvalue weighted by molar-refractivity contribution is 0.549. The number of hydrogen-bond donors (Lipinski definition) is 1. The van der Waals surface area contributed by atoms with E-state index in [2.05, 4.69) is 12.2 Å². The lowest BCUT2D eigenvalue weighted by Gasteiger charge is -2.12. The Morgan fingerprint density at radius 3 is 3.07 bits per heavy atom. The highest BCUT2D eigenvalue weighted by molar-refractivity contribution is 6.30. The van der Waals surface area contributed by atoms with Crippen LogP contribution in [0.2, 0.25) is 5.02 Å². The molecule has 0 aromatic heterocycles. The van der Waals surface area contributed by atoms with Crippen molar-refractivity contribution in [1.29, 1.82) is 0 Å². The fourth-order valence-corrected chi connectivity index (χ4v) is 2.27. The molecule has 0 aliphatic heterocycles. The second kappa shape index (κ2) is 3.87. The van der Waals surface area contributed by atoms with E-state index in [1.165, 1.54) is 0 Å². The van der Waals surface area contributed by atoms with E-state index in [-0.39, 0.29) is 10.8 Å². The minimum absolute atomic E-state index is 0.232. The third-order valence-corrected chi connectivity index (χ3v) is 3.03. The number of benzene rings is 1. The Labute approximate surface area is 88.3 Å². The molecule has 1 nitrogen and oxygen atoms in total. The maximum absolute atomic E-state index is 13.6. The summed E-state index contributed by atoms with van der Waals surface area (Å²) in [5.74, 6) is -0.232. The van der Waals surface area contributed by atoms with E-state index < -0.39 is 0 Å². The third kappa shape index (κ3) is 1.53. The van der Waals surface area contributed by atoms with Crippen molar-refractivity contribution in [1.82, 2.24) is 5.32 Å². The molecule has 0 saturated carbocycles. The van der Waals surface area contributed by atoms with Gasteiger partial charge in [0.05, 0.1) is 5.02 Å². The minimum atomic E-state index is -0.232. The Hall–Kier alpha value is -0.600. The summed E-state index contributed by atoms with van der Waals surface area (Å²) in [6.07, 6.45) is 1.76. The molecule has 1 aromatic carbocycles. The summed E-state index contributed by atoms with van der Waals surface area (Å²) >= 11 is 5.72. The predicted molar refractivity (Wildman–Crippen MR) is 56.1 cm³/mol. The lowest BCUT2D eigenvalue weighted by Crippen LogP contribution is -2.18. The zero-order chi connectivity index (χ0) is 10.1. The zero-order valence-corrected chi connectivity index (χ0v) is 8.87. The molecule has 1 unspecified atom stereocenters. The number of rotatable bonds is 2. The molecular weight excluding hydrogens is 201 g/mol. The smallest absolute Gasteiger partial charge is 0.145 e. The van der Waals surface area contributed by atoms with Crippen LogP contribution in [-0.2, 0) is 6.42 Å². The molecular formula is C11H13ClFN. The molecule has 1 aromatic rings. The molecule has 3 heteroatoms. The van der Waals surface area contributed by atoms with E-state index in [0.29, 0.717) is 6.04 Å². The Morgan fingerprint density at radius 2 is 2.36 bits per heavy atom. The summed E-state index contributed by atoms with van der Waals surface area (Å²) in [6, 6.07) is 3.88. The molecule has 0 bridgehead atoms. The van der Waals surface area contributed by atoms with Gasteiger partial charge in [-0.05, 0) is 36.6 Å². The maximum Gasteiger partial charge on any atom is 0.145 e. The van der Waals surface area contributed by atoms with Gasteiger partial charge in [-0.2, -0.15) is 0 Å². The van der Waals surface area contributed by atoms with Gasteiger partial charge in [-0.1, -0.05) is 24.6 Å². The summed E-state index contributed by atoms with van der Waals surface area (Å²) in [5, 5.41) is 3.57. The molecule has 0 spiro atoms. The van der Waals surface area contributed by atoms with Crippen molar-refractivity contribution in [3.8, 4) is 0 Å². The van der Waals surface area contributed by atoms with Crippen LogP contribution < -0.4 is 5.32 Å². The van der Waals surface area contributed by atoms with Crippen LogP contribution in [0.1, 0.15) is 30.5 Å². The predicted octanol–water partition coefficient (Wildman–Crippen LogP) is 3.08. The monoisotopic (exact) mass is 213 g/mol. The first-order valence-electron chi connectivity index (χ1n) is 4.94. The molecule has 0 radical (unpaired) electrons. The molecule has 0 heterocycles. The summed E-state index contributed by atoms with van der Waals surface area (Å²) in [5.41, 5.74) is 1.87. The standard InChI is InChI=1S/C11H13ClFN/c1-2-14-10-6-4-8-7(10)3-5-9(12)11(8)13/h3,5,10,14H,2,4,6H2,1H3. The number of hydrogen-bond acceptors (Lipinski definition) is 1. The molecule has 2 rings (SSSR count). The molecule has 14 heavy (non-hydrogen) atoms. The van der Waals surface area contributed by atoms with Crippen molar-refractivity contribution in [2.24, 2.45) is 0 Å². The van der Waals surface area contributed by atoms with Crippen LogP contribution in [0.25, 0.3) is 0 Å². The summed E-state index contributed by atoms with van der Waals surface area (Å²) in [7, 11) is 0. The Morgan fingerprint density at radius 1 is 1.57 bits per heavy atom. The van der Waals surface area contributed by atoms with E-state index >= 15 is 0 Å². The van der Waals surface area contributed by atoms with Crippen LogP contribution in [0.15, 0.2) is 12.1 Å². The number of halogens is 2. The van der Waals surface area contributed by atoms with Gasteiger partial charge < -0.3 is 5.32 Å². The van der Waals surface area contributed by atoms with E-state index in [1.54, 1.807) is 6.07 Å². The summed E-state index contributed by atoms with van der Waals surface area (Å²) in [6.45, 7) is 2.97. The van der Waals surface area contributed by atoms with Gasteiger partial charge in [-0.25, -0.2) is 4.39 Å². The van der Waals surface area contributed by atoms with Gasteiger partial charge in [0.25, 0.3) is 0 Å². The van der Waals surface area contributed by atoms with Crippen LogP contribution >= 0.6 is 11.6 Å². The second-order valence-electron chi connectivity index (χ2n) is 3.58. The Balaban J connectivity index is 2.37. The highest BCUT2D eigenvalue weighted by Crippen LogP contribution is 2.35. The average Bonchev–Trinajstić information content (AvgIpc) is 2.57. The highest BCUT2D eigenvalue weighted by atomic mass is 35.5. The largest absolute Gasteiger partial charge is 0.310 e. The van der Waals surface area contributed by atoms with Crippen LogP contribution in [0.5, 0.6) is 0 Å². The van der Waals surface area contributed by atoms with Crippen molar-refractivity contribution < 1.29 is 4.39 Å². The van der Waals surface area contributed by atoms with Crippen LogP contribution in [0.4, 0.5) is 4.39 Å². The molecule has 1 atom stereocenters. The fourth-order valence-electron chi connectivity index (χ4n) is 2.09. The van der Waals surface area contributed by atoms with Crippen LogP contribution in [0.3, 0.4) is 0 Å². The van der Waals surface area contributed by atoms with E-state index in [9.17, 15) is 4.39 Å². The molecule has 1 N–H and O–H groups in total.